The predicted molar refractivity (Wildman–Crippen MR) is 89.9 cm³/mol. The Morgan fingerprint density at radius 1 is 1.40 bits per heavy atom. The molecule has 0 amide bonds. The average molecular weight is 342 g/mol. The van der Waals surface area contributed by atoms with Gasteiger partial charge in [-0.15, -0.1) is 0 Å². The lowest BCUT2D eigenvalue weighted by Crippen LogP contribution is -2.25. The highest BCUT2D eigenvalue weighted by Crippen LogP contribution is 2.29. The second kappa shape index (κ2) is 7.62. The van der Waals surface area contributed by atoms with Crippen molar-refractivity contribution in [3.8, 4) is 11.8 Å². The van der Waals surface area contributed by atoms with Gasteiger partial charge in [0.05, 0.1) is 12.7 Å². The van der Waals surface area contributed by atoms with Gasteiger partial charge >= 0.3 is 5.97 Å². The first kappa shape index (κ1) is 18.2. The molecular formula is C18H18N2O5. The molecule has 0 fully saturated rings. The van der Waals surface area contributed by atoms with E-state index in [0.717, 1.165) is 5.39 Å². The van der Waals surface area contributed by atoms with Crippen molar-refractivity contribution in [2.45, 2.75) is 20.8 Å². The summed E-state index contributed by atoms with van der Waals surface area (Å²) in [5.74, 6) is -1.99. The summed E-state index contributed by atoms with van der Waals surface area (Å²) in [5.41, 5.74) is 0.991. The van der Waals surface area contributed by atoms with E-state index in [1.54, 1.807) is 31.2 Å². The number of ether oxygens (including phenoxy) is 2. The van der Waals surface area contributed by atoms with E-state index >= 15 is 0 Å². The molecule has 25 heavy (non-hydrogen) atoms. The van der Waals surface area contributed by atoms with Gasteiger partial charge in [0, 0.05) is 16.7 Å². The summed E-state index contributed by atoms with van der Waals surface area (Å²) in [5, 5.41) is 17.0. The van der Waals surface area contributed by atoms with Crippen molar-refractivity contribution in [2.24, 2.45) is 5.92 Å². The molecule has 0 unspecified atom stereocenters. The maximum Gasteiger partial charge on any atom is 0.374 e. The monoisotopic (exact) mass is 342 g/mol. The maximum atomic E-state index is 12.2. The van der Waals surface area contributed by atoms with Crippen LogP contribution in [-0.2, 0) is 9.53 Å². The minimum absolute atomic E-state index is 0.00321. The Hall–Kier alpha value is -3.14. The first-order valence-corrected chi connectivity index (χ1v) is 7.69. The third-order valence-electron chi connectivity index (χ3n) is 3.63. The molecule has 1 N–H and O–H groups in total. The van der Waals surface area contributed by atoms with Gasteiger partial charge in [0.1, 0.15) is 17.3 Å². The van der Waals surface area contributed by atoms with E-state index in [-0.39, 0.29) is 11.5 Å². The summed E-state index contributed by atoms with van der Waals surface area (Å²) in [6.45, 7) is 4.86. The third kappa shape index (κ3) is 3.86. The predicted octanol–water partition coefficient (Wildman–Crippen LogP) is 3.05. The minimum atomic E-state index is -1.21. The molecule has 1 aromatic carbocycles. The zero-order chi connectivity index (χ0) is 18.6. The van der Waals surface area contributed by atoms with E-state index in [1.807, 2.05) is 6.92 Å². The van der Waals surface area contributed by atoms with Crippen LogP contribution in [0.3, 0.4) is 0 Å². The highest BCUT2D eigenvalue weighted by Gasteiger charge is 2.24. The molecule has 1 heterocycles. The quantitative estimate of drug-likeness (QED) is 0.611. The van der Waals surface area contributed by atoms with Gasteiger partial charge in [0.2, 0.25) is 5.76 Å². The SMILES string of the molecule is CCOc1ccc2oc(C(=O)OCC(=O)[C@@H](C#N)C(C)=N)c(C)c2c1. The van der Waals surface area contributed by atoms with E-state index in [2.05, 4.69) is 0 Å². The fraction of sp³-hybridized carbons (Fsp3) is 0.333. The molecule has 1 aromatic heterocycles. The number of nitrogens with zero attached hydrogens (tertiary/aromatic N) is 1. The van der Waals surface area contributed by atoms with E-state index in [9.17, 15) is 9.59 Å². The molecule has 0 aliphatic heterocycles. The number of hydrogen-bond acceptors (Lipinski definition) is 7. The number of carbonyl (C=O) groups is 2. The molecule has 0 aliphatic rings. The van der Waals surface area contributed by atoms with Gasteiger partial charge in [-0.25, -0.2) is 4.79 Å². The second-order valence-electron chi connectivity index (χ2n) is 5.43. The average Bonchev–Trinajstić information content (AvgIpc) is 2.90. The molecular weight excluding hydrogens is 324 g/mol. The van der Waals surface area contributed by atoms with Crippen LogP contribution in [-0.4, -0.2) is 30.7 Å². The molecule has 7 nitrogen and oxygen atoms in total. The Kier molecular flexibility index (Phi) is 5.55. The maximum absolute atomic E-state index is 12.2. The molecule has 1 atom stereocenters. The van der Waals surface area contributed by atoms with Crippen LogP contribution in [0.15, 0.2) is 22.6 Å². The minimum Gasteiger partial charge on any atom is -0.494 e. The lowest BCUT2D eigenvalue weighted by molar-refractivity contribution is -0.122. The van der Waals surface area contributed by atoms with Gasteiger partial charge in [0.15, 0.2) is 12.4 Å². The first-order chi connectivity index (χ1) is 11.9. The highest BCUT2D eigenvalue weighted by molar-refractivity contribution is 6.06. The summed E-state index contributed by atoms with van der Waals surface area (Å²) >= 11 is 0. The summed E-state index contributed by atoms with van der Waals surface area (Å²) in [4.78, 5) is 24.0. The number of rotatable bonds is 7. The van der Waals surface area contributed by atoms with Crippen molar-refractivity contribution >= 4 is 28.4 Å². The summed E-state index contributed by atoms with van der Waals surface area (Å²) in [6, 6.07) is 6.91. The van der Waals surface area contributed by atoms with Gasteiger partial charge in [-0.2, -0.15) is 5.26 Å². The smallest absolute Gasteiger partial charge is 0.374 e. The number of ketones is 1. The number of fused-ring (bicyclic) bond motifs is 1. The molecule has 0 bridgehead atoms. The van der Waals surface area contributed by atoms with Crippen LogP contribution in [0.5, 0.6) is 5.75 Å². The fourth-order valence-electron chi connectivity index (χ4n) is 2.35. The number of nitriles is 1. The van der Waals surface area contributed by atoms with E-state index in [0.29, 0.717) is 23.5 Å². The molecule has 0 spiro atoms. The fourth-order valence-corrected chi connectivity index (χ4v) is 2.35. The van der Waals surface area contributed by atoms with Crippen LogP contribution in [0.25, 0.3) is 11.0 Å². The number of hydrogen-bond donors (Lipinski definition) is 1. The normalized spacial score (nSPS) is 11.6. The summed E-state index contributed by atoms with van der Waals surface area (Å²) < 4.78 is 15.9. The molecule has 0 saturated carbocycles. The molecule has 2 rings (SSSR count). The van der Waals surface area contributed by atoms with Crippen molar-refractivity contribution < 1.29 is 23.5 Å². The summed E-state index contributed by atoms with van der Waals surface area (Å²) in [7, 11) is 0. The second-order valence-corrected chi connectivity index (χ2v) is 5.43. The molecule has 130 valence electrons. The Labute approximate surface area is 144 Å². The zero-order valence-corrected chi connectivity index (χ0v) is 14.2. The van der Waals surface area contributed by atoms with Gasteiger partial charge in [0.25, 0.3) is 0 Å². The molecule has 0 saturated heterocycles. The van der Waals surface area contributed by atoms with Crippen LogP contribution in [0, 0.1) is 29.6 Å². The Morgan fingerprint density at radius 3 is 2.72 bits per heavy atom. The van der Waals surface area contributed by atoms with Crippen molar-refractivity contribution in [3.63, 3.8) is 0 Å². The van der Waals surface area contributed by atoms with Crippen LogP contribution >= 0.6 is 0 Å². The van der Waals surface area contributed by atoms with Crippen molar-refractivity contribution in [1.29, 1.82) is 10.7 Å². The van der Waals surface area contributed by atoms with Crippen molar-refractivity contribution in [3.05, 3.63) is 29.5 Å². The number of esters is 1. The Balaban J connectivity index is 2.17. The number of nitrogens with one attached hydrogen (secondary N) is 1. The number of Topliss-reactive ketones (excluding diaryl/α,β-unsaturated/α-hetero) is 1. The first-order valence-electron chi connectivity index (χ1n) is 7.69. The number of furan rings is 1. The van der Waals surface area contributed by atoms with Gasteiger partial charge in [-0.05, 0) is 39.0 Å². The van der Waals surface area contributed by atoms with Crippen molar-refractivity contribution in [2.75, 3.05) is 13.2 Å². The van der Waals surface area contributed by atoms with Crippen LogP contribution in [0.1, 0.15) is 30.0 Å². The van der Waals surface area contributed by atoms with Gasteiger partial charge < -0.3 is 19.3 Å². The lowest BCUT2D eigenvalue weighted by atomic mass is 10.0. The van der Waals surface area contributed by atoms with Crippen LogP contribution in [0.4, 0.5) is 0 Å². The van der Waals surface area contributed by atoms with Crippen molar-refractivity contribution in [1.82, 2.24) is 0 Å². The Morgan fingerprint density at radius 2 is 2.12 bits per heavy atom. The van der Waals surface area contributed by atoms with Gasteiger partial charge in [-0.3, -0.25) is 4.79 Å². The van der Waals surface area contributed by atoms with Crippen LogP contribution in [0.2, 0.25) is 0 Å². The topological polar surface area (TPSA) is 113 Å². The number of aryl methyl sites for hydroxylation is 1. The zero-order valence-electron chi connectivity index (χ0n) is 14.2. The molecule has 7 heteroatoms. The highest BCUT2D eigenvalue weighted by atomic mass is 16.5. The third-order valence-corrected chi connectivity index (χ3v) is 3.63. The van der Waals surface area contributed by atoms with E-state index in [4.69, 9.17) is 24.6 Å². The van der Waals surface area contributed by atoms with Gasteiger partial charge in [-0.1, -0.05) is 0 Å². The largest absolute Gasteiger partial charge is 0.494 e. The number of carbonyl (C=O) groups excluding carboxylic acids is 2. The molecule has 0 radical (unpaired) electrons. The number of benzene rings is 1. The van der Waals surface area contributed by atoms with E-state index in [1.165, 1.54) is 6.92 Å². The Bertz CT molecular complexity index is 875. The molecule has 0 aliphatic carbocycles. The summed E-state index contributed by atoms with van der Waals surface area (Å²) in [6.07, 6.45) is 0. The lowest BCUT2D eigenvalue weighted by Gasteiger charge is -2.06. The molecule has 2 aromatic rings. The van der Waals surface area contributed by atoms with E-state index < -0.39 is 24.3 Å². The van der Waals surface area contributed by atoms with Crippen LogP contribution < -0.4 is 4.74 Å². The standard InChI is InChI=1S/C18H18N2O5/c1-4-23-12-5-6-16-13(7-12)10(2)17(25-16)18(22)24-9-15(21)14(8-19)11(3)20/h5-7,14,20H,4,9H2,1-3H3/t14-/m0/s1.